The van der Waals surface area contributed by atoms with Crippen LogP contribution < -0.4 is 52.2 Å². The molecule has 0 unspecified atom stereocenters. The molecule has 0 N–H and O–H groups in total. The predicted molar refractivity (Wildman–Crippen MR) is 473 cm³/mol. The minimum absolute atomic E-state index is 0.276. The van der Waals surface area contributed by atoms with Gasteiger partial charge in [0.15, 0.2) is 5.58 Å². The standard InChI is InChI=1S/C104H76B2N4O2/c1-103(2,3)71-58-91-98-92(59-71)110(101-76(68-38-18-10-19-39-68)47-31-48-77(101)69-40-20-11-21-41-69)90-64-96-85(106-82-49-25-28-52-88(82)108(93-60-72(104(4,5)6)61-97(111-96)99(93)106)94-57-70(65-32-12-7-13-33-65)56-81-80-44-24-29-53-95(80)112-102(81)94)63-84(90)105(98)83-55-54-73(107-86-50-26-22-42-78(86)79-43-23-27-51-87(79)107)62-89(83)109(91)100-74(66-34-14-8-15-35-66)45-30-46-75(100)67-36-16-9-17-37-67/h7-64H,1-6H3. The molecule has 4 aliphatic rings. The average Bonchev–Trinajstić information content (AvgIpc) is 0.747. The Morgan fingerprint density at radius 3 is 1.26 bits per heavy atom. The summed E-state index contributed by atoms with van der Waals surface area (Å²) in [5.74, 6) is 1.67. The third-order valence-electron chi connectivity index (χ3n) is 24.1. The number of hydrogen-bond donors (Lipinski definition) is 0. The molecule has 0 spiro atoms. The minimum Gasteiger partial charge on any atom is -0.458 e. The van der Waals surface area contributed by atoms with Crippen LogP contribution in [0.5, 0.6) is 11.5 Å². The Balaban J connectivity index is 0.879. The van der Waals surface area contributed by atoms with E-state index in [1.54, 1.807) is 0 Å². The molecule has 0 atom stereocenters. The van der Waals surface area contributed by atoms with Crippen molar-refractivity contribution in [2.75, 3.05) is 14.7 Å². The molecule has 530 valence electrons. The lowest BCUT2D eigenvalue weighted by Gasteiger charge is -2.47. The number of hydrogen-bond acceptors (Lipinski definition) is 5. The molecule has 2 aromatic heterocycles. The van der Waals surface area contributed by atoms with Crippen molar-refractivity contribution in [3.05, 3.63) is 363 Å². The zero-order valence-corrected chi connectivity index (χ0v) is 63.2. The molecule has 8 heteroatoms. The molecule has 0 saturated heterocycles. The summed E-state index contributed by atoms with van der Waals surface area (Å²) in [5.41, 5.74) is 34.8. The summed E-state index contributed by atoms with van der Waals surface area (Å²) in [5, 5.41) is 4.58. The van der Waals surface area contributed by atoms with Gasteiger partial charge in [0.1, 0.15) is 17.1 Å². The summed E-state index contributed by atoms with van der Waals surface area (Å²) in [6, 6.07) is 131. The van der Waals surface area contributed by atoms with Gasteiger partial charge in [-0.3, -0.25) is 0 Å². The molecule has 22 rings (SSSR count). The molecule has 18 aromatic rings. The maximum absolute atomic E-state index is 8.03. The summed E-state index contributed by atoms with van der Waals surface area (Å²) in [6.07, 6.45) is 0. The van der Waals surface area contributed by atoms with E-state index in [4.69, 9.17) is 9.15 Å². The van der Waals surface area contributed by atoms with E-state index >= 15 is 0 Å². The first-order chi connectivity index (χ1) is 54.9. The lowest BCUT2D eigenvalue weighted by atomic mass is 9.30. The highest BCUT2D eigenvalue weighted by Crippen LogP contribution is 2.56. The van der Waals surface area contributed by atoms with E-state index in [1.165, 1.54) is 43.8 Å². The highest BCUT2D eigenvalue weighted by Gasteiger charge is 2.50. The Hall–Kier alpha value is -13.6. The van der Waals surface area contributed by atoms with Crippen LogP contribution in [0, 0.1) is 0 Å². The molecule has 6 heterocycles. The van der Waals surface area contributed by atoms with Crippen LogP contribution in [-0.2, 0) is 10.8 Å². The number of ether oxygens (including phenoxy) is 1. The summed E-state index contributed by atoms with van der Waals surface area (Å²) in [4.78, 5) is 7.87. The van der Waals surface area contributed by atoms with Crippen molar-refractivity contribution in [1.29, 1.82) is 0 Å². The zero-order chi connectivity index (χ0) is 74.8. The normalized spacial score (nSPS) is 13.2. The lowest BCUT2D eigenvalue weighted by Crippen LogP contribution is -2.64. The number of anilines is 9. The van der Waals surface area contributed by atoms with E-state index in [0.717, 1.165) is 168 Å². The predicted octanol–water partition coefficient (Wildman–Crippen LogP) is 24.1. The Bertz CT molecular complexity index is 6730. The number of fused-ring (bicyclic) bond motifs is 14. The van der Waals surface area contributed by atoms with Gasteiger partial charge in [-0.25, -0.2) is 0 Å². The first-order valence-electron chi connectivity index (χ1n) is 39.2. The molecular weight excluding hydrogens is 1360 g/mol. The van der Waals surface area contributed by atoms with Gasteiger partial charge in [-0.1, -0.05) is 315 Å². The molecule has 112 heavy (non-hydrogen) atoms. The van der Waals surface area contributed by atoms with E-state index in [0.29, 0.717) is 0 Å². The highest BCUT2D eigenvalue weighted by atomic mass is 16.5. The Labute approximate surface area is 653 Å². The second-order valence-electron chi connectivity index (χ2n) is 32.6. The fraction of sp³-hybridized carbons (Fsp3) is 0.0769. The van der Waals surface area contributed by atoms with Crippen molar-refractivity contribution in [2.45, 2.75) is 52.4 Å². The van der Waals surface area contributed by atoms with Crippen molar-refractivity contribution in [1.82, 2.24) is 4.57 Å². The van der Waals surface area contributed by atoms with Crippen molar-refractivity contribution >= 4 is 141 Å². The van der Waals surface area contributed by atoms with Crippen LogP contribution in [0.1, 0.15) is 52.7 Å². The smallest absolute Gasteiger partial charge is 0.256 e. The van der Waals surface area contributed by atoms with Crippen LogP contribution in [-0.4, -0.2) is 18.0 Å². The average molecular weight is 1440 g/mol. The second kappa shape index (κ2) is 25.0. The quantitative estimate of drug-likeness (QED) is 0.135. The topological polar surface area (TPSA) is 37.0 Å². The molecule has 16 aromatic carbocycles. The van der Waals surface area contributed by atoms with E-state index in [2.05, 4.69) is 413 Å². The van der Waals surface area contributed by atoms with Gasteiger partial charge in [0.05, 0.1) is 28.1 Å². The minimum atomic E-state index is -0.349. The molecule has 0 bridgehead atoms. The van der Waals surface area contributed by atoms with Gasteiger partial charge in [0.25, 0.3) is 13.4 Å². The molecule has 0 fully saturated rings. The molecule has 0 amide bonds. The SMILES string of the molecule is CC(C)(C)c1cc2c3c(c1)N(c1cc(-c4ccccc4)cc4c1oc1ccccc14)c1ccccc1B3c1cc3c(cc1O2)N(c1c(-c2ccccc2)cccc1-c1ccccc1)c1cc(C(C)(C)C)cc2c1B3c1ccc(-n3c4ccccc4c4ccccc43)cc1N2c1c(-c2ccccc2)cccc1-c1ccccc1. The summed E-state index contributed by atoms with van der Waals surface area (Å²) in [7, 11) is 0. The third-order valence-corrected chi connectivity index (χ3v) is 24.1. The third kappa shape index (κ3) is 10.1. The zero-order valence-electron chi connectivity index (χ0n) is 63.2. The van der Waals surface area contributed by atoms with Gasteiger partial charge in [-0.2, -0.15) is 0 Å². The Morgan fingerprint density at radius 1 is 0.268 bits per heavy atom. The van der Waals surface area contributed by atoms with E-state index in [1.807, 2.05) is 0 Å². The number of furan rings is 1. The van der Waals surface area contributed by atoms with Crippen LogP contribution in [0.25, 0.3) is 105 Å². The Morgan fingerprint density at radius 2 is 0.714 bits per heavy atom. The molecule has 6 nitrogen and oxygen atoms in total. The number of aromatic nitrogens is 1. The summed E-state index contributed by atoms with van der Waals surface area (Å²) < 4.78 is 17.7. The van der Waals surface area contributed by atoms with E-state index in [-0.39, 0.29) is 24.3 Å². The number of para-hydroxylation sites is 6. The van der Waals surface area contributed by atoms with Gasteiger partial charge in [0.2, 0.25) is 0 Å². The van der Waals surface area contributed by atoms with E-state index in [9.17, 15) is 0 Å². The monoisotopic (exact) mass is 1430 g/mol. The second-order valence-corrected chi connectivity index (χ2v) is 32.6. The fourth-order valence-electron chi connectivity index (χ4n) is 18.9. The number of benzene rings is 16. The van der Waals surface area contributed by atoms with Gasteiger partial charge < -0.3 is 28.4 Å². The molecule has 0 aliphatic carbocycles. The molecule has 0 radical (unpaired) electrons. The van der Waals surface area contributed by atoms with Crippen LogP contribution in [0.3, 0.4) is 0 Å². The maximum atomic E-state index is 8.03. The number of nitrogens with zero attached hydrogens (tertiary/aromatic N) is 4. The highest BCUT2D eigenvalue weighted by molar-refractivity contribution is 7.02. The van der Waals surface area contributed by atoms with Gasteiger partial charge in [-0.15, -0.1) is 0 Å². The van der Waals surface area contributed by atoms with Crippen molar-refractivity contribution in [3.63, 3.8) is 0 Å². The first-order valence-corrected chi connectivity index (χ1v) is 39.2. The van der Waals surface area contributed by atoms with Crippen LogP contribution >= 0.6 is 0 Å². The van der Waals surface area contributed by atoms with Crippen molar-refractivity contribution < 1.29 is 9.15 Å². The summed E-state index contributed by atoms with van der Waals surface area (Å²) >= 11 is 0. The fourth-order valence-corrected chi connectivity index (χ4v) is 18.9. The van der Waals surface area contributed by atoms with Crippen molar-refractivity contribution in [2.24, 2.45) is 0 Å². The molecule has 4 aliphatic heterocycles. The molecular formula is C104H76B2N4O2. The van der Waals surface area contributed by atoms with E-state index < -0.39 is 0 Å². The van der Waals surface area contributed by atoms with Crippen LogP contribution in [0.15, 0.2) is 356 Å². The maximum Gasteiger partial charge on any atom is 0.256 e. The first kappa shape index (κ1) is 65.5. The Kier molecular flexibility index (Phi) is 14.6. The number of rotatable bonds is 9. The van der Waals surface area contributed by atoms with Gasteiger partial charge in [-0.05, 0) is 161 Å². The van der Waals surface area contributed by atoms with Crippen molar-refractivity contribution in [3.8, 4) is 72.8 Å². The summed E-state index contributed by atoms with van der Waals surface area (Å²) in [6.45, 7) is 13.5. The van der Waals surface area contributed by atoms with Gasteiger partial charge in [0, 0.05) is 89.7 Å². The van der Waals surface area contributed by atoms with Gasteiger partial charge >= 0.3 is 0 Å². The van der Waals surface area contributed by atoms with Crippen LogP contribution in [0.4, 0.5) is 51.2 Å². The van der Waals surface area contributed by atoms with Crippen LogP contribution in [0.2, 0.25) is 0 Å². The lowest BCUT2D eigenvalue weighted by molar-refractivity contribution is 0.483. The molecule has 0 saturated carbocycles. The largest absolute Gasteiger partial charge is 0.458 e.